The molecule has 2 aromatic rings. The number of hydrogen-bond donors (Lipinski definition) is 2. The maximum absolute atomic E-state index is 11.8. The molecule has 0 aliphatic heterocycles. The molecule has 94 valence electrons. The van der Waals surface area contributed by atoms with Gasteiger partial charge in [-0.3, -0.25) is 4.79 Å². The van der Waals surface area contributed by atoms with Gasteiger partial charge >= 0.3 is 5.97 Å². The van der Waals surface area contributed by atoms with Gasteiger partial charge in [0.1, 0.15) is 5.00 Å². The number of furan rings is 1. The molecule has 0 aliphatic carbocycles. The van der Waals surface area contributed by atoms with Crippen LogP contribution in [0.25, 0.3) is 0 Å². The molecule has 0 unspecified atom stereocenters. The van der Waals surface area contributed by atoms with Crippen LogP contribution in [0.15, 0.2) is 28.0 Å². The zero-order chi connectivity index (χ0) is 13.1. The van der Waals surface area contributed by atoms with Crippen LogP contribution in [0, 0.1) is 0 Å². The molecule has 3 N–H and O–H groups in total. The number of hydrogen-bond acceptors (Lipinski definition) is 6. The van der Waals surface area contributed by atoms with Gasteiger partial charge in [-0.1, -0.05) is 0 Å². The van der Waals surface area contributed by atoms with Gasteiger partial charge in [0.25, 0.3) is 5.91 Å². The Morgan fingerprint density at radius 1 is 1.39 bits per heavy atom. The fraction of sp³-hybridized carbons (Fsp3) is 0.0909. The zero-order valence-electron chi connectivity index (χ0n) is 9.43. The van der Waals surface area contributed by atoms with Gasteiger partial charge in [0.2, 0.25) is 0 Å². The number of ether oxygens (including phenoxy) is 1. The van der Waals surface area contributed by atoms with Crippen molar-refractivity contribution >= 4 is 34.1 Å². The summed E-state index contributed by atoms with van der Waals surface area (Å²) in [5, 5.41) is 4.65. The van der Waals surface area contributed by atoms with Crippen molar-refractivity contribution in [2.24, 2.45) is 0 Å². The van der Waals surface area contributed by atoms with Crippen molar-refractivity contribution in [1.29, 1.82) is 0 Å². The van der Waals surface area contributed by atoms with E-state index in [9.17, 15) is 9.59 Å². The maximum Gasteiger partial charge on any atom is 0.340 e. The Bertz CT molecular complexity index is 587. The van der Waals surface area contributed by atoms with Crippen molar-refractivity contribution in [3.8, 4) is 0 Å². The van der Waals surface area contributed by atoms with Crippen LogP contribution in [0.5, 0.6) is 0 Å². The highest BCUT2D eigenvalue weighted by atomic mass is 32.1. The predicted molar refractivity (Wildman–Crippen MR) is 66.7 cm³/mol. The molecule has 0 saturated heterocycles. The van der Waals surface area contributed by atoms with Gasteiger partial charge in [-0.15, -0.1) is 11.3 Å². The zero-order valence-corrected chi connectivity index (χ0v) is 10.2. The molecule has 0 atom stereocenters. The molecule has 0 saturated carbocycles. The summed E-state index contributed by atoms with van der Waals surface area (Å²) >= 11 is 1.22. The molecule has 1 amide bonds. The Morgan fingerprint density at radius 2 is 2.17 bits per heavy atom. The lowest BCUT2D eigenvalue weighted by molar-refractivity contribution is 0.0602. The molecule has 7 heteroatoms. The van der Waals surface area contributed by atoms with Crippen LogP contribution in [-0.4, -0.2) is 19.0 Å². The first-order chi connectivity index (χ1) is 8.61. The van der Waals surface area contributed by atoms with Crippen molar-refractivity contribution in [3.63, 3.8) is 0 Å². The first-order valence-electron chi connectivity index (χ1n) is 4.94. The van der Waals surface area contributed by atoms with Crippen LogP contribution < -0.4 is 11.1 Å². The van der Waals surface area contributed by atoms with Crippen LogP contribution in [-0.2, 0) is 4.74 Å². The molecule has 2 rings (SSSR count). The molecule has 0 spiro atoms. The van der Waals surface area contributed by atoms with Crippen LogP contribution in [0.4, 0.5) is 10.9 Å². The second-order valence-corrected chi connectivity index (χ2v) is 4.23. The van der Waals surface area contributed by atoms with E-state index in [0.29, 0.717) is 10.6 Å². The Morgan fingerprint density at radius 3 is 2.78 bits per heavy atom. The van der Waals surface area contributed by atoms with Gasteiger partial charge in [-0.05, 0) is 17.5 Å². The van der Waals surface area contributed by atoms with Crippen LogP contribution >= 0.6 is 11.3 Å². The number of nitrogens with one attached hydrogen (secondary N) is 1. The number of esters is 1. The highest BCUT2D eigenvalue weighted by Crippen LogP contribution is 2.24. The lowest BCUT2D eigenvalue weighted by Crippen LogP contribution is -2.13. The summed E-state index contributed by atoms with van der Waals surface area (Å²) in [5.74, 6) is -0.749. The smallest absolute Gasteiger partial charge is 0.340 e. The maximum atomic E-state index is 11.8. The summed E-state index contributed by atoms with van der Waals surface area (Å²) in [6, 6.07) is 4.50. The van der Waals surface area contributed by atoms with Crippen molar-refractivity contribution in [1.82, 2.24) is 0 Å². The molecule has 6 nitrogen and oxygen atoms in total. The summed E-state index contributed by atoms with van der Waals surface area (Å²) in [6.07, 6.45) is 0. The largest absolute Gasteiger partial charge is 0.465 e. The number of amides is 1. The molecule has 0 aromatic carbocycles. The van der Waals surface area contributed by atoms with Crippen molar-refractivity contribution in [3.05, 3.63) is 34.9 Å². The average Bonchev–Trinajstić information content (AvgIpc) is 2.97. The van der Waals surface area contributed by atoms with Crippen LogP contribution in [0.3, 0.4) is 0 Å². The van der Waals surface area contributed by atoms with Gasteiger partial charge in [0.05, 0.1) is 12.7 Å². The minimum Gasteiger partial charge on any atom is -0.465 e. The van der Waals surface area contributed by atoms with E-state index in [1.165, 1.54) is 30.6 Å². The topological polar surface area (TPSA) is 94.6 Å². The monoisotopic (exact) mass is 266 g/mol. The Balaban J connectivity index is 2.17. The Hall–Kier alpha value is -2.28. The second-order valence-electron chi connectivity index (χ2n) is 3.31. The minimum atomic E-state index is -0.509. The summed E-state index contributed by atoms with van der Waals surface area (Å²) in [7, 11) is 1.28. The van der Waals surface area contributed by atoms with Gasteiger partial charge in [-0.25, -0.2) is 4.79 Å². The third-order valence-corrected chi connectivity index (χ3v) is 2.98. The SMILES string of the molecule is COC(=O)c1ccsc1NC(=O)c1ccc(N)o1. The average molecular weight is 266 g/mol. The number of carbonyl (C=O) groups excluding carboxylic acids is 2. The second kappa shape index (κ2) is 4.92. The van der Waals surface area contributed by atoms with E-state index in [1.54, 1.807) is 11.4 Å². The standard InChI is InChI=1S/C11H10N2O4S/c1-16-11(15)6-4-5-18-10(6)13-9(14)7-2-3-8(12)17-7/h2-5H,12H2,1H3,(H,13,14). The number of anilines is 2. The molecular formula is C11H10N2O4S. The molecule has 0 bridgehead atoms. The lowest BCUT2D eigenvalue weighted by atomic mass is 10.3. The van der Waals surface area contributed by atoms with Crippen molar-refractivity contribution in [2.75, 3.05) is 18.2 Å². The summed E-state index contributed by atoms with van der Waals surface area (Å²) in [5.41, 5.74) is 5.67. The van der Waals surface area contributed by atoms with E-state index in [-0.39, 0.29) is 11.6 Å². The number of nitrogens with two attached hydrogens (primary N) is 1. The first-order valence-corrected chi connectivity index (χ1v) is 5.82. The molecule has 2 heterocycles. The fourth-order valence-corrected chi connectivity index (χ4v) is 2.09. The summed E-state index contributed by atoms with van der Waals surface area (Å²) < 4.78 is 9.57. The third-order valence-electron chi connectivity index (χ3n) is 2.15. The fourth-order valence-electron chi connectivity index (χ4n) is 1.32. The first kappa shape index (κ1) is 12.2. The van der Waals surface area contributed by atoms with Gasteiger partial charge < -0.3 is 20.2 Å². The molecular weight excluding hydrogens is 256 g/mol. The quantitative estimate of drug-likeness (QED) is 0.828. The summed E-state index contributed by atoms with van der Waals surface area (Å²) in [6.45, 7) is 0. The minimum absolute atomic E-state index is 0.0803. The van der Waals surface area contributed by atoms with E-state index in [1.807, 2.05) is 0 Å². The van der Waals surface area contributed by atoms with E-state index < -0.39 is 11.9 Å². The van der Waals surface area contributed by atoms with Crippen molar-refractivity contribution < 1.29 is 18.7 Å². The van der Waals surface area contributed by atoms with Gasteiger partial charge in [-0.2, -0.15) is 0 Å². The van der Waals surface area contributed by atoms with E-state index >= 15 is 0 Å². The number of carbonyl (C=O) groups is 2. The highest BCUT2D eigenvalue weighted by molar-refractivity contribution is 7.14. The molecule has 18 heavy (non-hydrogen) atoms. The Kier molecular flexibility index (Phi) is 3.33. The lowest BCUT2D eigenvalue weighted by Gasteiger charge is -2.03. The number of nitrogen functional groups attached to an aromatic ring is 1. The number of thiophene rings is 1. The summed E-state index contributed by atoms with van der Waals surface area (Å²) in [4.78, 5) is 23.2. The van der Waals surface area contributed by atoms with Gasteiger partial charge in [0, 0.05) is 6.07 Å². The highest BCUT2D eigenvalue weighted by Gasteiger charge is 2.17. The normalized spacial score (nSPS) is 10.1. The molecule has 0 fully saturated rings. The third kappa shape index (κ3) is 2.35. The van der Waals surface area contributed by atoms with Gasteiger partial charge in [0.15, 0.2) is 11.6 Å². The van der Waals surface area contributed by atoms with Crippen molar-refractivity contribution in [2.45, 2.75) is 0 Å². The Labute approximate surface area is 106 Å². The molecule has 0 aliphatic rings. The number of methoxy groups -OCH3 is 1. The van der Waals surface area contributed by atoms with E-state index in [0.717, 1.165) is 0 Å². The molecule has 2 aromatic heterocycles. The van der Waals surface area contributed by atoms with Crippen LogP contribution in [0.2, 0.25) is 0 Å². The molecule has 0 radical (unpaired) electrons. The number of rotatable bonds is 3. The van der Waals surface area contributed by atoms with E-state index in [4.69, 9.17) is 10.2 Å². The predicted octanol–water partition coefficient (Wildman–Crippen LogP) is 1.96. The van der Waals surface area contributed by atoms with E-state index in [2.05, 4.69) is 10.1 Å². The van der Waals surface area contributed by atoms with Crippen LogP contribution in [0.1, 0.15) is 20.9 Å².